The minimum Gasteiger partial charge on any atom is -1.00 e. The van der Waals surface area contributed by atoms with Crippen molar-refractivity contribution in [2.45, 2.75) is 0 Å². The minimum absolute atomic E-state index is 0. The van der Waals surface area contributed by atoms with Gasteiger partial charge in [-0.2, -0.15) is 0 Å². The van der Waals surface area contributed by atoms with Crippen LogP contribution in [0.15, 0.2) is 0 Å². The average Bonchev–Trinajstić information content (AvgIpc) is 2.39. The van der Waals surface area contributed by atoms with Gasteiger partial charge < -0.3 is 29.8 Å². The molecule has 0 unspecified atom stereocenters. The maximum absolute atomic E-state index is 5.33. The number of rotatable bonds is 0. The first-order valence-corrected chi connectivity index (χ1v) is 6.46. The summed E-state index contributed by atoms with van der Waals surface area (Å²) < 4.78 is 32.0. The molecule has 1 saturated heterocycles. The van der Waals surface area contributed by atoms with Crippen molar-refractivity contribution in [1.29, 1.82) is 0 Å². The Balaban J connectivity index is 0. The predicted molar refractivity (Wildman–Crippen MR) is 66.0 cm³/mol. The molecular formula is C12H25KO6. The Hall–Kier alpha value is 1.40. The van der Waals surface area contributed by atoms with Crippen molar-refractivity contribution in [2.75, 3.05) is 79.3 Å². The molecule has 0 N–H and O–H groups in total. The number of hydrogen-bond acceptors (Lipinski definition) is 6. The van der Waals surface area contributed by atoms with Gasteiger partial charge in [0.1, 0.15) is 0 Å². The van der Waals surface area contributed by atoms with E-state index in [-0.39, 0.29) is 52.8 Å². The van der Waals surface area contributed by atoms with E-state index in [0.29, 0.717) is 79.3 Å². The zero-order valence-electron chi connectivity index (χ0n) is 12.9. The van der Waals surface area contributed by atoms with Crippen molar-refractivity contribution in [3.63, 3.8) is 0 Å². The molecule has 0 aliphatic carbocycles. The molecule has 0 bridgehead atoms. The molecule has 1 rings (SSSR count). The summed E-state index contributed by atoms with van der Waals surface area (Å²) in [4.78, 5) is 0. The standard InChI is InChI=1S/C12H24O6.K.H/c1-2-14-5-6-16-9-10-18-12-11-17-8-7-15-4-3-13-1;;/h1-12H2;;/q;+1;-1. The molecule has 1 aliphatic heterocycles. The van der Waals surface area contributed by atoms with Gasteiger partial charge in [-0.3, -0.25) is 0 Å². The second-order valence-electron chi connectivity index (χ2n) is 3.67. The summed E-state index contributed by atoms with van der Waals surface area (Å²) in [5, 5.41) is 0. The molecule has 1 fully saturated rings. The third kappa shape index (κ3) is 15.6. The van der Waals surface area contributed by atoms with Crippen LogP contribution in [0, 0.1) is 0 Å². The SMILES string of the molecule is C1COCCOCCOCCOCCOCCO1.[H-].[K+]. The van der Waals surface area contributed by atoms with Gasteiger partial charge in [0.25, 0.3) is 0 Å². The van der Waals surface area contributed by atoms with Crippen molar-refractivity contribution in [3.05, 3.63) is 0 Å². The molecule has 0 saturated carbocycles. The Labute approximate surface area is 159 Å². The van der Waals surface area contributed by atoms with Crippen LogP contribution in [0.5, 0.6) is 0 Å². The zero-order valence-corrected chi connectivity index (χ0v) is 15.1. The maximum Gasteiger partial charge on any atom is 1.00 e. The Bertz CT molecular complexity index is 103. The van der Waals surface area contributed by atoms with Crippen LogP contribution in [0.2, 0.25) is 0 Å². The fourth-order valence-corrected chi connectivity index (χ4v) is 1.32. The van der Waals surface area contributed by atoms with E-state index in [1.54, 1.807) is 0 Å². The smallest absolute Gasteiger partial charge is 1.00 e. The van der Waals surface area contributed by atoms with Gasteiger partial charge in [-0.1, -0.05) is 0 Å². The molecule has 0 aromatic carbocycles. The van der Waals surface area contributed by atoms with Gasteiger partial charge >= 0.3 is 51.4 Å². The molecule has 0 spiro atoms. The Morgan fingerprint density at radius 1 is 0.316 bits per heavy atom. The topological polar surface area (TPSA) is 55.4 Å². The minimum atomic E-state index is 0. The van der Waals surface area contributed by atoms with Crippen LogP contribution in [0.3, 0.4) is 0 Å². The van der Waals surface area contributed by atoms with Crippen LogP contribution in [-0.2, 0) is 28.4 Å². The van der Waals surface area contributed by atoms with E-state index in [1.807, 2.05) is 0 Å². The van der Waals surface area contributed by atoms with Crippen molar-refractivity contribution in [1.82, 2.24) is 0 Å². The molecule has 0 amide bonds. The van der Waals surface area contributed by atoms with Crippen LogP contribution in [0.25, 0.3) is 0 Å². The van der Waals surface area contributed by atoms with Crippen LogP contribution in [-0.4, -0.2) is 79.3 Å². The molecule has 0 atom stereocenters. The molecule has 1 heterocycles. The first kappa shape index (κ1) is 20.4. The summed E-state index contributed by atoms with van der Waals surface area (Å²) in [7, 11) is 0. The summed E-state index contributed by atoms with van der Waals surface area (Å²) in [5.41, 5.74) is 0. The van der Waals surface area contributed by atoms with Gasteiger partial charge in [0.15, 0.2) is 0 Å². The largest absolute Gasteiger partial charge is 1.00 e. The van der Waals surface area contributed by atoms with Gasteiger partial charge in [-0.15, -0.1) is 0 Å². The Kier molecular flexibility index (Phi) is 18.7. The van der Waals surface area contributed by atoms with Crippen molar-refractivity contribution in [3.8, 4) is 0 Å². The molecule has 1 aliphatic rings. The number of hydrogen-bond donors (Lipinski definition) is 0. The van der Waals surface area contributed by atoms with Crippen molar-refractivity contribution < 1.29 is 81.2 Å². The third-order valence-corrected chi connectivity index (χ3v) is 2.23. The normalized spacial score (nSPS) is 22.7. The van der Waals surface area contributed by atoms with Crippen LogP contribution in [0.1, 0.15) is 1.43 Å². The third-order valence-electron chi connectivity index (χ3n) is 2.23. The second kappa shape index (κ2) is 17.4. The first-order valence-electron chi connectivity index (χ1n) is 6.46. The van der Waals surface area contributed by atoms with E-state index in [9.17, 15) is 0 Å². The van der Waals surface area contributed by atoms with Gasteiger partial charge in [0, 0.05) is 0 Å². The van der Waals surface area contributed by atoms with Gasteiger partial charge in [0.05, 0.1) is 79.3 Å². The van der Waals surface area contributed by atoms with Crippen molar-refractivity contribution >= 4 is 0 Å². The number of ether oxygens (including phenoxy) is 6. The summed E-state index contributed by atoms with van der Waals surface area (Å²) in [6, 6.07) is 0. The van der Waals surface area contributed by atoms with E-state index < -0.39 is 0 Å². The molecule has 110 valence electrons. The average molecular weight is 304 g/mol. The van der Waals surface area contributed by atoms with E-state index >= 15 is 0 Å². The molecule has 0 aromatic rings. The van der Waals surface area contributed by atoms with E-state index in [2.05, 4.69) is 0 Å². The summed E-state index contributed by atoms with van der Waals surface area (Å²) >= 11 is 0. The second-order valence-corrected chi connectivity index (χ2v) is 3.67. The van der Waals surface area contributed by atoms with Crippen LogP contribution < -0.4 is 51.4 Å². The maximum atomic E-state index is 5.33. The molecular weight excluding hydrogens is 279 g/mol. The zero-order chi connectivity index (χ0) is 12.7. The molecule has 7 heteroatoms. The fourth-order valence-electron chi connectivity index (χ4n) is 1.32. The van der Waals surface area contributed by atoms with Crippen molar-refractivity contribution in [2.24, 2.45) is 0 Å². The van der Waals surface area contributed by atoms with Gasteiger partial charge in [-0.05, 0) is 0 Å². The summed E-state index contributed by atoms with van der Waals surface area (Å²) in [6.07, 6.45) is 0. The summed E-state index contributed by atoms with van der Waals surface area (Å²) in [5.74, 6) is 0. The van der Waals surface area contributed by atoms with Crippen LogP contribution in [0.4, 0.5) is 0 Å². The van der Waals surface area contributed by atoms with E-state index in [1.165, 1.54) is 0 Å². The van der Waals surface area contributed by atoms with Gasteiger partial charge in [-0.25, -0.2) is 0 Å². The van der Waals surface area contributed by atoms with Crippen LogP contribution >= 0.6 is 0 Å². The quantitative estimate of drug-likeness (QED) is 0.451. The van der Waals surface area contributed by atoms with Gasteiger partial charge in [0.2, 0.25) is 0 Å². The molecule has 19 heavy (non-hydrogen) atoms. The monoisotopic (exact) mass is 304 g/mol. The summed E-state index contributed by atoms with van der Waals surface area (Å²) in [6.45, 7) is 7.04. The molecule has 0 aromatic heterocycles. The Morgan fingerprint density at radius 2 is 0.421 bits per heavy atom. The molecule has 0 radical (unpaired) electrons. The van der Waals surface area contributed by atoms with E-state index in [4.69, 9.17) is 28.4 Å². The van der Waals surface area contributed by atoms with E-state index in [0.717, 1.165) is 0 Å². The predicted octanol–water partition coefficient (Wildman–Crippen LogP) is -2.78. The molecule has 6 nitrogen and oxygen atoms in total. The first-order chi connectivity index (χ1) is 9.00. The Morgan fingerprint density at radius 3 is 0.526 bits per heavy atom. The fraction of sp³-hybridized carbons (Fsp3) is 1.00.